The van der Waals surface area contributed by atoms with Gasteiger partial charge in [0.15, 0.2) is 11.5 Å². The highest BCUT2D eigenvalue weighted by molar-refractivity contribution is 7.17. The van der Waals surface area contributed by atoms with E-state index in [1.165, 1.54) is 0 Å². The van der Waals surface area contributed by atoms with Gasteiger partial charge in [-0.25, -0.2) is 4.98 Å². The minimum Gasteiger partial charge on any atom is -0.264 e. The molecule has 0 aliphatic rings. The highest BCUT2D eigenvalue weighted by Crippen LogP contribution is 2.26. The number of fused-ring (bicyclic) bond motifs is 3. The number of benzene rings is 1. The number of rotatable bonds is 1. The van der Waals surface area contributed by atoms with Crippen LogP contribution in [-0.4, -0.2) is 19.6 Å². The van der Waals surface area contributed by atoms with E-state index in [9.17, 15) is 0 Å². The number of hydrogen-bond donors (Lipinski definition) is 0. The van der Waals surface area contributed by atoms with Gasteiger partial charge in [0.1, 0.15) is 6.33 Å². The van der Waals surface area contributed by atoms with Crippen LogP contribution in [0.2, 0.25) is 5.02 Å². The van der Waals surface area contributed by atoms with Crippen LogP contribution in [0.25, 0.3) is 27.3 Å². The lowest BCUT2D eigenvalue weighted by molar-refractivity contribution is 1.09. The predicted molar refractivity (Wildman–Crippen MR) is 76.6 cm³/mol. The third kappa shape index (κ3) is 1.63. The molecule has 0 radical (unpaired) electrons. The van der Waals surface area contributed by atoms with Crippen LogP contribution in [0.5, 0.6) is 0 Å². The van der Waals surface area contributed by atoms with Crippen LogP contribution in [0.4, 0.5) is 0 Å². The van der Waals surface area contributed by atoms with E-state index in [0.717, 1.165) is 27.3 Å². The minimum absolute atomic E-state index is 0.680. The van der Waals surface area contributed by atoms with Crippen LogP contribution in [-0.2, 0) is 0 Å². The fourth-order valence-electron chi connectivity index (χ4n) is 2.07. The average Bonchev–Trinajstić information content (AvgIpc) is 3.04. The van der Waals surface area contributed by atoms with Gasteiger partial charge in [0.2, 0.25) is 0 Å². The molecule has 0 N–H and O–H groups in total. The maximum atomic E-state index is 6.02. The van der Waals surface area contributed by atoms with Gasteiger partial charge in [-0.05, 0) is 23.6 Å². The second kappa shape index (κ2) is 4.01. The van der Waals surface area contributed by atoms with Gasteiger partial charge in [-0.1, -0.05) is 23.7 Å². The fourth-order valence-corrected chi connectivity index (χ4v) is 3.08. The quantitative estimate of drug-likeness (QED) is 0.536. The maximum absolute atomic E-state index is 6.02. The van der Waals surface area contributed by atoms with Crippen molar-refractivity contribution in [2.24, 2.45) is 0 Å². The first-order valence-corrected chi connectivity index (χ1v) is 6.91. The molecule has 0 amide bonds. The topological polar surface area (TPSA) is 43.1 Å². The Balaban J connectivity index is 2.05. The first kappa shape index (κ1) is 10.9. The van der Waals surface area contributed by atoms with E-state index in [1.807, 2.05) is 40.1 Å². The molecule has 0 saturated heterocycles. The largest absolute Gasteiger partial charge is 0.264 e. The van der Waals surface area contributed by atoms with Crippen LogP contribution in [0.3, 0.4) is 0 Å². The molecule has 0 unspecified atom stereocenters. The third-order valence-corrected chi connectivity index (χ3v) is 4.07. The fraction of sp³-hybridized carbons (Fsp3) is 0. The molecule has 0 saturated carbocycles. The van der Waals surface area contributed by atoms with Gasteiger partial charge >= 0.3 is 0 Å². The summed E-state index contributed by atoms with van der Waals surface area (Å²) in [6.07, 6.45) is 1.75. The molecule has 3 heterocycles. The van der Waals surface area contributed by atoms with Crippen molar-refractivity contribution in [1.29, 1.82) is 0 Å². The molecule has 19 heavy (non-hydrogen) atoms. The van der Waals surface area contributed by atoms with E-state index in [4.69, 9.17) is 11.6 Å². The zero-order valence-electron chi connectivity index (χ0n) is 9.62. The van der Waals surface area contributed by atoms with Crippen LogP contribution in [0, 0.1) is 0 Å². The zero-order valence-corrected chi connectivity index (χ0v) is 11.2. The highest BCUT2D eigenvalue weighted by atomic mass is 35.5. The summed E-state index contributed by atoms with van der Waals surface area (Å²) in [6.45, 7) is 0. The smallest absolute Gasteiger partial charge is 0.181 e. The van der Waals surface area contributed by atoms with E-state index < -0.39 is 0 Å². The average molecular weight is 287 g/mol. The van der Waals surface area contributed by atoms with Gasteiger partial charge in [0, 0.05) is 10.6 Å². The van der Waals surface area contributed by atoms with E-state index in [2.05, 4.69) is 15.2 Å². The van der Waals surface area contributed by atoms with E-state index in [-0.39, 0.29) is 0 Å². The number of thiophene rings is 1. The minimum atomic E-state index is 0.680. The van der Waals surface area contributed by atoms with Crippen molar-refractivity contribution in [2.75, 3.05) is 0 Å². The normalized spacial score (nSPS) is 11.4. The van der Waals surface area contributed by atoms with Crippen LogP contribution >= 0.6 is 22.9 Å². The number of aromatic nitrogens is 4. The Morgan fingerprint density at radius 2 is 2.11 bits per heavy atom. The summed E-state index contributed by atoms with van der Waals surface area (Å²) in [5.74, 6) is 0.750. The lowest BCUT2D eigenvalue weighted by Crippen LogP contribution is -1.91. The molecule has 0 aliphatic heterocycles. The maximum Gasteiger partial charge on any atom is 0.181 e. The Morgan fingerprint density at radius 3 is 3.00 bits per heavy atom. The number of hydrogen-bond acceptors (Lipinski definition) is 4. The number of nitrogens with zero attached hydrogens (tertiary/aromatic N) is 4. The van der Waals surface area contributed by atoms with E-state index in [1.54, 1.807) is 17.7 Å². The van der Waals surface area contributed by atoms with Crippen molar-refractivity contribution in [2.45, 2.75) is 0 Å². The summed E-state index contributed by atoms with van der Waals surface area (Å²) in [4.78, 5) is 4.41. The summed E-state index contributed by atoms with van der Waals surface area (Å²) >= 11 is 7.64. The molecule has 4 nitrogen and oxygen atoms in total. The van der Waals surface area contributed by atoms with Crippen LogP contribution < -0.4 is 0 Å². The molecule has 92 valence electrons. The van der Waals surface area contributed by atoms with Gasteiger partial charge in [-0.2, -0.15) is 0 Å². The first-order chi connectivity index (χ1) is 9.33. The lowest BCUT2D eigenvalue weighted by atomic mass is 10.2. The predicted octanol–water partition coefficient (Wildman–Crippen LogP) is 3.66. The van der Waals surface area contributed by atoms with Gasteiger partial charge in [0.25, 0.3) is 0 Å². The zero-order chi connectivity index (χ0) is 12.8. The lowest BCUT2D eigenvalue weighted by Gasteiger charge is -2.00. The van der Waals surface area contributed by atoms with Gasteiger partial charge in [0.05, 0.1) is 10.2 Å². The second-order valence-corrected chi connectivity index (χ2v) is 5.46. The molecule has 6 heteroatoms. The molecular weight excluding hydrogens is 280 g/mol. The van der Waals surface area contributed by atoms with Crippen molar-refractivity contribution in [3.63, 3.8) is 0 Å². The molecule has 0 bridgehead atoms. The number of halogens is 1. The third-order valence-electron chi connectivity index (χ3n) is 2.94. The van der Waals surface area contributed by atoms with Crippen molar-refractivity contribution < 1.29 is 0 Å². The Morgan fingerprint density at radius 1 is 1.16 bits per heavy atom. The molecule has 0 fully saturated rings. The first-order valence-electron chi connectivity index (χ1n) is 5.66. The Labute approximate surface area is 117 Å². The molecular formula is C13H7ClN4S. The molecule has 0 aliphatic carbocycles. The standard InChI is InChI=1S/C13H7ClN4S/c14-9-3-1-2-8(6-9)12-16-17-13-11-10(4-5-19-11)15-7-18(12)13/h1-7H. The molecule has 4 aromatic rings. The highest BCUT2D eigenvalue weighted by Gasteiger charge is 2.12. The molecule has 4 rings (SSSR count). The van der Waals surface area contributed by atoms with Crippen molar-refractivity contribution in [3.05, 3.63) is 47.1 Å². The summed E-state index contributed by atoms with van der Waals surface area (Å²) < 4.78 is 2.94. The van der Waals surface area contributed by atoms with E-state index >= 15 is 0 Å². The van der Waals surface area contributed by atoms with Crippen molar-refractivity contribution >= 4 is 38.8 Å². The molecule has 0 spiro atoms. The van der Waals surface area contributed by atoms with E-state index in [0.29, 0.717) is 5.02 Å². The van der Waals surface area contributed by atoms with Crippen molar-refractivity contribution in [3.8, 4) is 11.4 Å². The molecule has 0 atom stereocenters. The second-order valence-electron chi connectivity index (χ2n) is 4.11. The summed E-state index contributed by atoms with van der Waals surface area (Å²) in [5.41, 5.74) is 2.70. The van der Waals surface area contributed by atoms with Gasteiger partial charge < -0.3 is 0 Å². The van der Waals surface area contributed by atoms with Crippen LogP contribution in [0.1, 0.15) is 0 Å². The van der Waals surface area contributed by atoms with Crippen molar-refractivity contribution in [1.82, 2.24) is 19.6 Å². The van der Waals surface area contributed by atoms with Gasteiger partial charge in [-0.15, -0.1) is 21.5 Å². The SMILES string of the molecule is Clc1cccc(-c2nnc3c4sccc4ncn23)c1. The van der Waals surface area contributed by atoms with Gasteiger partial charge in [-0.3, -0.25) is 4.40 Å². The van der Waals surface area contributed by atoms with Crippen LogP contribution in [0.15, 0.2) is 42.0 Å². The summed E-state index contributed by atoms with van der Waals surface area (Å²) in [5, 5.41) is 11.2. The molecule has 3 aromatic heterocycles. The molecule has 1 aromatic carbocycles. The Hall–Kier alpha value is -1.98. The summed E-state index contributed by atoms with van der Waals surface area (Å²) in [7, 11) is 0. The summed E-state index contributed by atoms with van der Waals surface area (Å²) in [6, 6.07) is 9.55. The monoisotopic (exact) mass is 286 g/mol. The Kier molecular flexibility index (Phi) is 2.30. The Bertz CT molecular complexity index is 896.